The van der Waals surface area contributed by atoms with Gasteiger partial charge in [0.25, 0.3) is 5.91 Å². The minimum absolute atomic E-state index is 0.275. The molecule has 4 amide bonds. The van der Waals surface area contributed by atoms with Gasteiger partial charge in [0.15, 0.2) is 0 Å². The first kappa shape index (κ1) is 19.7. The molecule has 0 aromatic heterocycles. The summed E-state index contributed by atoms with van der Waals surface area (Å²) in [6, 6.07) is 6.46. The van der Waals surface area contributed by atoms with E-state index in [0.29, 0.717) is 23.8 Å². The molecule has 1 atom stereocenters. The lowest BCUT2D eigenvalue weighted by Gasteiger charge is -2.34. The molecule has 1 aromatic rings. The molecular weight excluding hydrogens is 366 g/mol. The van der Waals surface area contributed by atoms with Crippen molar-refractivity contribution in [3.05, 3.63) is 34.9 Å². The SMILES string of the molecule is CCC1CCC2(CC1)NC(=O)N(CC(=O)N[C@H](C)c1ccccc1Cl)C2=O. The minimum atomic E-state index is -0.822. The molecular formula is C20H26ClN3O3. The summed E-state index contributed by atoms with van der Waals surface area (Å²) in [5.74, 6) is -0.0537. The summed E-state index contributed by atoms with van der Waals surface area (Å²) in [6.07, 6.45) is 4.22. The standard InChI is InChI=1S/C20H26ClN3O3/c1-3-14-8-10-20(11-9-14)18(26)24(19(27)23-20)12-17(25)22-13(2)15-6-4-5-7-16(15)21/h4-7,13-14H,3,8-12H2,1-2H3,(H,22,25)(H,23,27)/t13-,14?,20?/m1/s1. The highest BCUT2D eigenvalue weighted by Crippen LogP contribution is 2.37. The maximum absolute atomic E-state index is 12.9. The van der Waals surface area contributed by atoms with Gasteiger partial charge in [-0.3, -0.25) is 14.5 Å². The molecule has 3 rings (SSSR count). The molecule has 1 aliphatic heterocycles. The maximum atomic E-state index is 12.9. The van der Waals surface area contributed by atoms with E-state index >= 15 is 0 Å². The van der Waals surface area contributed by atoms with E-state index in [1.54, 1.807) is 6.07 Å². The van der Waals surface area contributed by atoms with E-state index < -0.39 is 11.6 Å². The van der Waals surface area contributed by atoms with Crippen LogP contribution in [-0.4, -0.2) is 34.8 Å². The summed E-state index contributed by atoms with van der Waals surface area (Å²) in [4.78, 5) is 38.7. The van der Waals surface area contributed by atoms with E-state index in [1.165, 1.54) is 0 Å². The Morgan fingerprint density at radius 1 is 1.33 bits per heavy atom. The van der Waals surface area contributed by atoms with Crippen molar-refractivity contribution in [3.8, 4) is 0 Å². The topological polar surface area (TPSA) is 78.5 Å². The number of urea groups is 1. The highest BCUT2D eigenvalue weighted by molar-refractivity contribution is 6.31. The summed E-state index contributed by atoms with van der Waals surface area (Å²) in [5, 5.41) is 6.23. The number of halogens is 1. The molecule has 6 nitrogen and oxygen atoms in total. The van der Waals surface area contributed by atoms with Gasteiger partial charge in [0, 0.05) is 5.02 Å². The van der Waals surface area contributed by atoms with Gasteiger partial charge in [0.2, 0.25) is 5.91 Å². The molecule has 7 heteroatoms. The average molecular weight is 392 g/mol. The van der Waals surface area contributed by atoms with E-state index in [0.717, 1.165) is 29.7 Å². The van der Waals surface area contributed by atoms with E-state index in [2.05, 4.69) is 17.6 Å². The molecule has 0 radical (unpaired) electrons. The molecule has 1 aromatic carbocycles. The third kappa shape index (κ3) is 3.95. The Hall–Kier alpha value is -2.08. The number of benzene rings is 1. The van der Waals surface area contributed by atoms with Crippen molar-refractivity contribution >= 4 is 29.4 Å². The number of imide groups is 1. The molecule has 1 saturated carbocycles. The Labute approximate surface area is 164 Å². The van der Waals surface area contributed by atoms with Crippen molar-refractivity contribution in [3.63, 3.8) is 0 Å². The molecule has 0 unspecified atom stereocenters. The molecule has 2 N–H and O–H groups in total. The second-order valence-electron chi connectivity index (χ2n) is 7.57. The Morgan fingerprint density at radius 3 is 2.63 bits per heavy atom. The van der Waals surface area contributed by atoms with Gasteiger partial charge in [0.1, 0.15) is 12.1 Å². The van der Waals surface area contributed by atoms with Crippen molar-refractivity contribution in [1.29, 1.82) is 0 Å². The van der Waals surface area contributed by atoms with Crippen LogP contribution in [-0.2, 0) is 9.59 Å². The van der Waals surface area contributed by atoms with E-state index in [9.17, 15) is 14.4 Å². The first-order valence-electron chi connectivity index (χ1n) is 9.54. The van der Waals surface area contributed by atoms with Crippen LogP contribution in [0.2, 0.25) is 5.02 Å². The zero-order chi connectivity index (χ0) is 19.6. The zero-order valence-electron chi connectivity index (χ0n) is 15.8. The smallest absolute Gasteiger partial charge is 0.325 e. The molecule has 1 saturated heterocycles. The number of carbonyl (C=O) groups excluding carboxylic acids is 3. The lowest BCUT2D eigenvalue weighted by atomic mass is 9.75. The fraction of sp³-hybridized carbons (Fsp3) is 0.550. The second-order valence-corrected chi connectivity index (χ2v) is 7.97. The summed E-state index contributed by atoms with van der Waals surface area (Å²) < 4.78 is 0. The first-order chi connectivity index (χ1) is 12.9. The predicted molar refractivity (Wildman–Crippen MR) is 103 cm³/mol. The zero-order valence-corrected chi connectivity index (χ0v) is 16.5. The average Bonchev–Trinajstić information content (AvgIpc) is 2.87. The molecule has 2 aliphatic rings. The number of amides is 4. The van der Waals surface area contributed by atoms with Gasteiger partial charge in [-0.15, -0.1) is 0 Å². The lowest BCUT2D eigenvalue weighted by molar-refractivity contribution is -0.136. The van der Waals surface area contributed by atoms with Gasteiger partial charge < -0.3 is 10.6 Å². The monoisotopic (exact) mass is 391 g/mol. The Morgan fingerprint density at radius 2 is 2.00 bits per heavy atom. The van der Waals surface area contributed by atoms with Crippen LogP contribution in [0.25, 0.3) is 0 Å². The van der Waals surface area contributed by atoms with Gasteiger partial charge in [-0.1, -0.05) is 43.1 Å². The van der Waals surface area contributed by atoms with Crippen molar-refractivity contribution < 1.29 is 14.4 Å². The molecule has 2 fully saturated rings. The predicted octanol–water partition coefficient (Wildman–Crippen LogP) is 3.41. The van der Waals surface area contributed by atoms with Crippen LogP contribution in [0, 0.1) is 5.92 Å². The molecule has 146 valence electrons. The minimum Gasteiger partial charge on any atom is -0.348 e. The third-order valence-electron chi connectivity index (χ3n) is 5.83. The number of hydrogen-bond donors (Lipinski definition) is 2. The highest BCUT2D eigenvalue weighted by atomic mass is 35.5. The highest BCUT2D eigenvalue weighted by Gasteiger charge is 2.52. The summed E-state index contributed by atoms with van der Waals surface area (Å²) in [6.45, 7) is 3.69. The molecule has 1 heterocycles. The van der Waals surface area contributed by atoms with Crippen LogP contribution in [0.5, 0.6) is 0 Å². The number of hydrogen-bond acceptors (Lipinski definition) is 3. The summed E-state index contributed by atoms with van der Waals surface area (Å²) in [5.41, 5.74) is -0.0312. The van der Waals surface area contributed by atoms with Crippen molar-refractivity contribution in [2.24, 2.45) is 5.92 Å². The fourth-order valence-corrected chi connectivity index (χ4v) is 4.37. The van der Waals surface area contributed by atoms with Crippen LogP contribution < -0.4 is 10.6 Å². The number of carbonyl (C=O) groups is 3. The van der Waals surface area contributed by atoms with Crippen LogP contribution in [0.1, 0.15) is 57.6 Å². The van der Waals surface area contributed by atoms with E-state index in [4.69, 9.17) is 11.6 Å². The number of nitrogens with one attached hydrogen (secondary N) is 2. The van der Waals surface area contributed by atoms with Gasteiger partial charge in [0.05, 0.1) is 6.04 Å². The van der Waals surface area contributed by atoms with Gasteiger partial charge in [-0.25, -0.2) is 4.79 Å². The quantitative estimate of drug-likeness (QED) is 0.755. The fourth-order valence-electron chi connectivity index (χ4n) is 4.07. The van der Waals surface area contributed by atoms with Gasteiger partial charge in [-0.05, 0) is 50.2 Å². The van der Waals surface area contributed by atoms with Crippen LogP contribution in [0.3, 0.4) is 0 Å². The van der Waals surface area contributed by atoms with Gasteiger partial charge >= 0.3 is 6.03 Å². The van der Waals surface area contributed by atoms with E-state index in [1.807, 2.05) is 25.1 Å². The van der Waals surface area contributed by atoms with Crippen LogP contribution in [0.4, 0.5) is 4.79 Å². The number of rotatable bonds is 5. The molecule has 1 aliphatic carbocycles. The Bertz CT molecular complexity index is 744. The maximum Gasteiger partial charge on any atom is 0.325 e. The number of nitrogens with zero attached hydrogens (tertiary/aromatic N) is 1. The normalized spacial score (nSPS) is 26.2. The van der Waals surface area contributed by atoms with Gasteiger partial charge in [-0.2, -0.15) is 0 Å². The molecule has 0 bridgehead atoms. The van der Waals surface area contributed by atoms with Crippen LogP contribution >= 0.6 is 11.6 Å². The Kier molecular flexibility index (Phi) is 5.75. The second kappa shape index (κ2) is 7.89. The van der Waals surface area contributed by atoms with Crippen molar-refractivity contribution in [1.82, 2.24) is 15.5 Å². The Balaban J connectivity index is 1.62. The molecule has 1 spiro atoms. The van der Waals surface area contributed by atoms with Crippen molar-refractivity contribution in [2.45, 2.75) is 57.5 Å². The largest absolute Gasteiger partial charge is 0.348 e. The third-order valence-corrected chi connectivity index (χ3v) is 6.18. The van der Waals surface area contributed by atoms with Crippen LogP contribution in [0.15, 0.2) is 24.3 Å². The lowest BCUT2D eigenvalue weighted by Crippen LogP contribution is -2.50. The van der Waals surface area contributed by atoms with E-state index in [-0.39, 0.29) is 24.4 Å². The first-order valence-corrected chi connectivity index (χ1v) is 9.92. The summed E-state index contributed by atoms with van der Waals surface area (Å²) in [7, 11) is 0. The summed E-state index contributed by atoms with van der Waals surface area (Å²) >= 11 is 6.16. The van der Waals surface area contributed by atoms with Crippen molar-refractivity contribution in [2.75, 3.05) is 6.54 Å². The molecule has 27 heavy (non-hydrogen) atoms.